The summed E-state index contributed by atoms with van der Waals surface area (Å²) in [6, 6.07) is 24.3. The predicted molar refractivity (Wildman–Crippen MR) is 123 cm³/mol. The van der Waals surface area contributed by atoms with Crippen molar-refractivity contribution >= 4 is 21.0 Å². The van der Waals surface area contributed by atoms with E-state index in [0.717, 1.165) is 27.2 Å². The van der Waals surface area contributed by atoms with Crippen molar-refractivity contribution in [1.82, 2.24) is 0 Å². The van der Waals surface area contributed by atoms with Crippen molar-refractivity contribution in [3.63, 3.8) is 0 Å². The summed E-state index contributed by atoms with van der Waals surface area (Å²) in [7, 11) is -6.10. The van der Waals surface area contributed by atoms with Gasteiger partial charge in [0.25, 0.3) is 0 Å². The second-order valence-electron chi connectivity index (χ2n) is 7.53. The zero-order chi connectivity index (χ0) is 24.3. The summed E-state index contributed by atoms with van der Waals surface area (Å²) in [4.78, 5) is 3.00. The molecule has 0 aromatic heterocycles. The standard InChI is InChI=1S/C24H22F2O6S2/c1-17(24(25,26)34(27,28)29)32-19-9-13-22(14-10-19)33(20-5-3-2-4-6-20)21-11-7-18(8-12-21)23-30-15-16-31-23/h2-14,17,23H,15-16H2,1H3/p+1. The molecule has 0 spiro atoms. The number of hydrogen-bond donors (Lipinski definition) is 1. The van der Waals surface area contributed by atoms with Crippen molar-refractivity contribution in [3.8, 4) is 5.75 Å². The molecule has 34 heavy (non-hydrogen) atoms. The molecule has 2 unspecified atom stereocenters. The Hall–Kier alpha value is -2.50. The summed E-state index contributed by atoms with van der Waals surface area (Å²) in [6.07, 6.45) is -2.44. The molecular formula is C24H23F2O6S2+. The highest BCUT2D eigenvalue weighted by Gasteiger charge is 2.51. The van der Waals surface area contributed by atoms with Gasteiger partial charge < -0.3 is 14.2 Å². The molecule has 180 valence electrons. The van der Waals surface area contributed by atoms with Gasteiger partial charge in [-0.1, -0.05) is 18.2 Å². The first-order valence-corrected chi connectivity index (χ1v) is 13.1. The molecular weight excluding hydrogens is 486 g/mol. The third-order valence-electron chi connectivity index (χ3n) is 5.18. The highest BCUT2D eigenvalue weighted by Crippen LogP contribution is 2.34. The molecule has 6 nitrogen and oxygen atoms in total. The van der Waals surface area contributed by atoms with Gasteiger partial charge in [0.1, 0.15) is 5.75 Å². The molecule has 0 radical (unpaired) electrons. The molecule has 0 amide bonds. The van der Waals surface area contributed by atoms with E-state index in [1.165, 1.54) is 12.1 Å². The van der Waals surface area contributed by atoms with Crippen LogP contribution in [0, 0.1) is 0 Å². The maximum Gasteiger partial charge on any atom is 0.405 e. The summed E-state index contributed by atoms with van der Waals surface area (Å²) in [5.74, 6) is 0.0575. The van der Waals surface area contributed by atoms with Crippen molar-refractivity contribution in [2.24, 2.45) is 0 Å². The summed E-state index contributed by atoms with van der Waals surface area (Å²) in [5, 5.41) is -4.44. The molecule has 2 atom stereocenters. The molecule has 1 aliphatic heterocycles. The fourth-order valence-electron chi connectivity index (χ4n) is 3.41. The molecule has 1 heterocycles. The zero-order valence-electron chi connectivity index (χ0n) is 18.1. The van der Waals surface area contributed by atoms with E-state index in [9.17, 15) is 17.2 Å². The van der Waals surface area contributed by atoms with Crippen molar-refractivity contribution in [3.05, 3.63) is 84.4 Å². The number of ether oxygens (including phenoxy) is 3. The monoisotopic (exact) mass is 509 g/mol. The largest absolute Gasteiger partial charge is 0.483 e. The van der Waals surface area contributed by atoms with Gasteiger partial charge in [-0.15, -0.1) is 0 Å². The van der Waals surface area contributed by atoms with Crippen molar-refractivity contribution in [1.29, 1.82) is 0 Å². The van der Waals surface area contributed by atoms with Crippen LogP contribution in [-0.4, -0.2) is 37.5 Å². The Morgan fingerprint density at radius 1 is 0.912 bits per heavy atom. The molecule has 1 N–H and O–H groups in total. The fourth-order valence-corrected chi connectivity index (χ4v) is 5.94. The summed E-state index contributed by atoms with van der Waals surface area (Å²) in [5.41, 5.74) is 0.926. The maximum atomic E-state index is 13.8. The maximum absolute atomic E-state index is 13.8. The van der Waals surface area contributed by atoms with Gasteiger partial charge in [0.05, 0.1) is 24.1 Å². The van der Waals surface area contributed by atoms with E-state index in [1.54, 1.807) is 12.1 Å². The molecule has 3 aromatic rings. The highest BCUT2D eigenvalue weighted by atomic mass is 32.2. The fraction of sp³-hybridized carbons (Fsp3) is 0.250. The Kier molecular flexibility index (Phi) is 7.25. The van der Waals surface area contributed by atoms with E-state index in [0.29, 0.717) is 13.2 Å². The second kappa shape index (κ2) is 10.0. The molecule has 1 aliphatic rings. The van der Waals surface area contributed by atoms with Crippen LogP contribution in [0.5, 0.6) is 5.75 Å². The normalized spacial score (nSPS) is 16.8. The lowest BCUT2D eigenvalue weighted by Crippen LogP contribution is -2.42. The Labute approximate surface area is 199 Å². The molecule has 0 saturated carbocycles. The van der Waals surface area contributed by atoms with Crippen LogP contribution in [0.15, 0.2) is 93.5 Å². The minimum atomic E-state index is -5.60. The van der Waals surface area contributed by atoms with Crippen LogP contribution >= 0.6 is 0 Å². The van der Waals surface area contributed by atoms with E-state index < -0.39 is 32.4 Å². The van der Waals surface area contributed by atoms with Crippen molar-refractivity contribution in [2.75, 3.05) is 13.2 Å². The average Bonchev–Trinajstić information content (AvgIpc) is 3.36. The number of rotatable bonds is 8. The van der Waals surface area contributed by atoms with Crippen LogP contribution in [0.2, 0.25) is 0 Å². The van der Waals surface area contributed by atoms with Crippen molar-refractivity contribution < 1.29 is 36.0 Å². The lowest BCUT2D eigenvalue weighted by Gasteiger charge is -2.21. The minimum Gasteiger partial charge on any atom is -0.483 e. The lowest BCUT2D eigenvalue weighted by molar-refractivity contribution is -0.0441. The van der Waals surface area contributed by atoms with Gasteiger partial charge in [0.15, 0.2) is 27.1 Å². The first-order valence-electron chi connectivity index (χ1n) is 10.4. The lowest BCUT2D eigenvalue weighted by atomic mass is 10.2. The quantitative estimate of drug-likeness (QED) is 0.337. The van der Waals surface area contributed by atoms with Gasteiger partial charge in [-0.2, -0.15) is 17.2 Å². The molecule has 3 aromatic carbocycles. The summed E-state index contributed by atoms with van der Waals surface area (Å²) < 4.78 is 74.6. The van der Waals surface area contributed by atoms with Gasteiger partial charge in [-0.05, 0) is 67.6 Å². The molecule has 10 heteroatoms. The van der Waals surface area contributed by atoms with Gasteiger partial charge in [-0.25, -0.2) is 0 Å². The Morgan fingerprint density at radius 2 is 1.41 bits per heavy atom. The van der Waals surface area contributed by atoms with Crippen LogP contribution < -0.4 is 4.74 Å². The number of hydrogen-bond acceptors (Lipinski definition) is 5. The van der Waals surface area contributed by atoms with Crippen LogP contribution in [-0.2, 0) is 30.5 Å². The predicted octanol–water partition coefficient (Wildman–Crippen LogP) is 5.08. The SMILES string of the molecule is CC(Oc1ccc([S+](c2ccccc2)c2ccc(C3OCCO3)cc2)cc1)C(F)(F)S(=O)(=O)O. The van der Waals surface area contributed by atoms with E-state index in [1.807, 2.05) is 54.6 Å². The first kappa shape index (κ1) is 24.6. The highest BCUT2D eigenvalue weighted by molar-refractivity contribution is 7.97. The van der Waals surface area contributed by atoms with Crippen LogP contribution in [0.1, 0.15) is 18.8 Å². The summed E-state index contributed by atoms with van der Waals surface area (Å²) in [6.45, 7) is 2.00. The average molecular weight is 510 g/mol. The van der Waals surface area contributed by atoms with E-state index in [2.05, 4.69) is 0 Å². The topological polar surface area (TPSA) is 82.1 Å². The van der Waals surface area contributed by atoms with Crippen LogP contribution in [0.25, 0.3) is 0 Å². The number of halogens is 2. The third kappa shape index (κ3) is 5.26. The Balaban J connectivity index is 1.60. The number of benzene rings is 3. The Morgan fingerprint density at radius 3 is 1.94 bits per heavy atom. The van der Waals surface area contributed by atoms with Gasteiger partial charge in [0, 0.05) is 5.56 Å². The third-order valence-corrected chi connectivity index (χ3v) is 8.43. The molecule has 0 bridgehead atoms. The van der Waals surface area contributed by atoms with Gasteiger partial charge in [-0.3, -0.25) is 4.55 Å². The first-order chi connectivity index (χ1) is 16.2. The van der Waals surface area contributed by atoms with Crippen LogP contribution in [0.3, 0.4) is 0 Å². The second-order valence-corrected chi connectivity index (χ2v) is 11.1. The van der Waals surface area contributed by atoms with E-state index >= 15 is 0 Å². The van der Waals surface area contributed by atoms with E-state index in [4.69, 9.17) is 18.8 Å². The van der Waals surface area contributed by atoms with Gasteiger partial charge in [0.2, 0.25) is 0 Å². The zero-order valence-corrected chi connectivity index (χ0v) is 19.8. The van der Waals surface area contributed by atoms with Crippen molar-refractivity contribution in [2.45, 2.75) is 39.3 Å². The molecule has 0 aliphatic carbocycles. The smallest absolute Gasteiger partial charge is 0.405 e. The molecule has 1 saturated heterocycles. The van der Waals surface area contributed by atoms with Gasteiger partial charge >= 0.3 is 15.4 Å². The minimum absolute atomic E-state index is 0.0575. The van der Waals surface area contributed by atoms with Crippen LogP contribution in [0.4, 0.5) is 8.78 Å². The molecule has 4 rings (SSSR count). The van der Waals surface area contributed by atoms with E-state index in [-0.39, 0.29) is 12.0 Å². The Bertz CT molecular complexity index is 1200. The molecule has 1 fully saturated rings. The number of alkyl halides is 2. The summed E-state index contributed by atoms with van der Waals surface area (Å²) >= 11 is 0.